The highest BCUT2D eigenvalue weighted by molar-refractivity contribution is 5.70. The number of quaternary nitrogens is 1. The van der Waals surface area contributed by atoms with Gasteiger partial charge in [0.05, 0.1) is 40.3 Å². The number of allylic oxidation sites excluding steroid dienone is 10. The molecule has 2 unspecified atom stereocenters. The Kier molecular flexibility index (Phi) is 39.6. The van der Waals surface area contributed by atoms with Gasteiger partial charge >= 0.3 is 11.9 Å². The highest BCUT2D eigenvalue weighted by Gasteiger charge is 2.25. The summed E-state index contributed by atoms with van der Waals surface area (Å²) in [5.41, 5.74) is 0. The minimum absolute atomic E-state index is 0.0228. The highest BCUT2D eigenvalue weighted by atomic mass is 16.6. The number of carboxylic acid groups (broad SMARTS) is 1. The first-order valence-corrected chi connectivity index (χ1v) is 23.8. The van der Waals surface area contributed by atoms with Gasteiger partial charge in [0.25, 0.3) is 0 Å². The van der Waals surface area contributed by atoms with Gasteiger partial charge in [-0.2, -0.15) is 0 Å². The second kappa shape index (κ2) is 41.8. The molecule has 0 N–H and O–H groups in total. The summed E-state index contributed by atoms with van der Waals surface area (Å²) >= 11 is 0. The molecule has 0 fully saturated rings. The lowest BCUT2D eigenvalue weighted by Gasteiger charge is -2.34. The summed E-state index contributed by atoms with van der Waals surface area (Å²) in [4.78, 5) is 36.9. The molecule has 0 aliphatic rings. The first-order chi connectivity index (χ1) is 28.6. The lowest BCUT2D eigenvalue weighted by molar-refractivity contribution is -0.889. The molecule has 0 aliphatic heterocycles. The molecule has 0 aromatic carbocycles. The molecule has 340 valence electrons. The van der Waals surface area contributed by atoms with E-state index in [1.807, 2.05) is 0 Å². The summed E-state index contributed by atoms with van der Waals surface area (Å²) in [6.07, 6.45) is 51.0. The molecule has 0 aromatic rings. The predicted molar refractivity (Wildman–Crippen MR) is 245 cm³/mol. The second-order valence-corrected chi connectivity index (χ2v) is 17.0. The zero-order valence-electron chi connectivity index (χ0n) is 38.7. The van der Waals surface area contributed by atoms with E-state index in [4.69, 9.17) is 14.2 Å². The zero-order valence-corrected chi connectivity index (χ0v) is 38.7. The van der Waals surface area contributed by atoms with Gasteiger partial charge in [0, 0.05) is 19.3 Å². The average Bonchev–Trinajstić information content (AvgIpc) is 3.19. The molecule has 0 aromatic heterocycles. The van der Waals surface area contributed by atoms with Gasteiger partial charge < -0.3 is 28.6 Å². The smallest absolute Gasteiger partial charge is 0.306 e. The van der Waals surface area contributed by atoms with Crippen molar-refractivity contribution in [2.24, 2.45) is 0 Å². The number of carbonyl (C=O) groups excluding carboxylic acids is 3. The Bertz CT molecular complexity index is 1150. The molecule has 0 spiro atoms. The molecule has 0 radical (unpaired) electrons. The van der Waals surface area contributed by atoms with Crippen molar-refractivity contribution in [3.8, 4) is 0 Å². The van der Waals surface area contributed by atoms with Crippen molar-refractivity contribution < 1.29 is 38.2 Å². The lowest BCUT2D eigenvalue weighted by Crippen LogP contribution is -2.55. The van der Waals surface area contributed by atoms with E-state index >= 15 is 0 Å². The highest BCUT2D eigenvalue weighted by Crippen LogP contribution is 2.14. The van der Waals surface area contributed by atoms with Crippen LogP contribution in [0.15, 0.2) is 60.8 Å². The van der Waals surface area contributed by atoms with Gasteiger partial charge in [0.2, 0.25) is 0 Å². The molecule has 0 rings (SSSR count). The second-order valence-electron chi connectivity index (χ2n) is 17.0. The third-order valence-corrected chi connectivity index (χ3v) is 10.4. The van der Waals surface area contributed by atoms with Crippen molar-refractivity contribution in [2.45, 2.75) is 206 Å². The maximum absolute atomic E-state index is 12.7. The first-order valence-electron chi connectivity index (χ1n) is 23.8. The third-order valence-electron chi connectivity index (χ3n) is 10.4. The Hall–Kier alpha value is -2.97. The van der Waals surface area contributed by atoms with Crippen molar-refractivity contribution in [1.82, 2.24) is 0 Å². The van der Waals surface area contributed by atoms with Gasteiger partial charge in [-0.25, -0.2) is 0 Å². The number of hydrogen-bond acceptors (Lipinski definition) is 7. The largest absolute Gasteiger partial charge is 0.544 e. The van der Waals surface area contributed by atoms with Gasteiger partial charge in [-0.15, -0.1) is 0 Å². The molecule has 2 atom stereocenters. The van der Waals surface area contributed by atoms with E-state index in [9.17, 15) is 19.5 Å². The molecule has 0 aliphatic carbocycles. The van der Waals surface area contributed by atoms with E-state index in [0.29, 0.717) is 12.8 Å². The molecular weight excluding hydrogens is 739 g/mol. The summed E-state index contributed by atoms with van der Waals surface area (Å²) in [5, 5.41) is 11.6. The van der Waals surface area contributed by atoms with Crippen LogP contribution in [0.2, 0.25) is 0 Å². The summed E-state index contributed by atoms with van der Waals surface area (Å²) < 4.78 is 17.2. The van der Waals surface area contributed by atoms with Crippen LogP contribution in [0.3, 0.4) is 0 Å². The lowest BCUT2D eigenvalue weighted by atomic mass is 10.0. The van der Waals surface area contributed by atoms with E-state index in [2.05, 4.69) is 74.6 Å². The number of unbranched alkanes of at least 4 members (excludes halogenated alkanes) is 18. The Morgan fingerprint density at radius 2 is 0.898 bits per heavy atom. The number of aliphatic carboxylic acids is 1. The molecule has 0 saturated carbocycles. The van der Waals surface area contributed by atoms with E-state index in [-0.39, 0.29) is 49.1 Å². The predicted octanol–water partition coefficient (Wildman–Crippen LogP) is 12.0. The fourth-order valence-corrected chi connectivity index (χ4v) is 6.68. The van der Waals surface area contributed by atoms with E-state index < -0.39 is 18.1 Å². The average molecular weight is 828 g/mol. The molecule has 0 bridgehead atoms. The Balaban J connectivity index is 4.39. The minimum Gasteiger partial charge on any atom is -0.544 e. The van der Waals surface area contributed by atoms with Crippen LogP contribution < -0.4 is 5.11 Å². The van der Waals surface area contributed by atoms with E-state index in [1.54, 1.807) is 21.1 Å². The number of carboxylic acids is 1. The molecule has 8 heteroatoms. The third kappa shape index (κ3) is 40.2. The maximum Gasteiger partial charge on any atom is 0.306 e. The SMILES string of the molecule is CCCCC/C=C/C/C=C/C/C=C/C/C=C/C/C=C/CCCCC(=O)OC(COCCC(C(=O)[O-])[N+](C)(C)C)COC(=O)CCCCCCCCCCCCCCCC. The fourth-order valence-electron chi connectivity index (χ4n) is 6.68. The summed E-state index contributed by atoms with van der Waals surface area (Å²) in [6.45, 7) is 4.59. The van der Waals surface area contributed by atoms with Crippen LogP contribution in [0.5, 0.6) is 0 Å². The molecular formula is C51H89NO7. The first kappa shape index (κ1) is 56.0. The summed E-state index contributed by atoms with van der Waals surface area (Å²) in [6, 6.07) is -0.735. The van der Waals surface area contributed by atoms with Crippen molar-refractivity contribution in [1.29, 1.82) is 0 Å². The standard InChI is InChI=1S/C51H89NO7/c1-6-8-10-12-14-16-18-20-22-23-24-25-26-27-28-30-32-34-36-38-40-42-50(54)59-47(45-57-44-43-48(51(55)56)52(3,4)5)46-58-49(53)41-39-37-35-33-31-29-21-19-17-15-13-11-9-7-2/h14,16,20,22,24-25,27-28,32,34,47-48H,6-13,15,17-19,21,23,26,29-31,33,35-46H2,1-5H3/b16-14+,22-20+,25-24+,28-27+,34-32+. The van der Waals surface area contributed by atoms with Crippen LogP contribution in [0, 0.1) is 0 Å². The Labute approximate surface area is 362 Å². The summed E-state index contributed by atoms with van der Waals surface area (Å²) in [5.74, 6) is -1.79. The number of nitrogens with zero attached hydrogens (tertiary/aromatic N) is 1. The van der Waals surface area contributed by atoms with Crippen LogP contribution in [0.25, 0.3) is 0 Å². The quantitative estimate of drug-likeness (QED) is 0.0261. The molecule has 59 heavy (non-hydrogen) atoms. The van der Waals surface area contributed by atoms with Crippen LogP contribution in [-0.4, -0.2) is 75.5 Å². The van der Waals surface area contributed by atoms with E-state index in [0.717, 1.165) is 57.8 Å². The topological polar surface area (TPSA) is 102 Å². The number of likely N-dealkylation sites (N-methyl/N-ethyl adjacent to an activating group) is 1. The monoisotopic (exact) mass is 828 g/mol. The van der Waals surface area contributed by atoms with Crippen molar-refractivity contribution >= 4 is 17.9 Å². The molecule has 0 heterocycles. The minimum atomic E-state index is -1.13. The normalized spacial score (nSPS) is 13.4. The number of hydrogen-bond donors (Lipinski definition) is 0. The molecule has 0 saturated heterocycles. The van der Waals surface area contributed by atoms with Gasteiger partial charge in [-0.1, -0.05) is 171 Å². The van der Waals surface area contributed by atoms with Gasteiger partial charge in [-0.3, -0.25) is 9.59 Å². The number of carbonyl (C=O) groups is 3. The van der Waals surface area contributed by atoms with E-state index in [1.165, 1.54) is 96.3 Å². The van der Waals surface area contributed by atoms with Crippen LogP contribution >= 0.6 is 0 Å². The van der Waals surface area contributed by atoms with Gasteiger partial charge in [-0.05, 0) is 64.2 Å². The van der Waals surface area contributed by atoms with Crippen molar-refractivity contribution in [2.75, 3.05) is 41.0 Å². The van der Waals surface area contributed by atoms with Crippen LogP contribution in [0.4, 0.5) is 0 Å². The zero-order chi connectivity index (χ0) is 43.5. The molecule has 0 amide bonds. The molecule has 8 nitrogen and oxygen atoms in total. The summed E-state index contributed by atoms with van der Waals surface area (Å²) in [7, 11) is 5.39. The van der Waals surface area contributed by atoms with Crippen molar-refractivity contribution in [3.05, 3.63) is 60.8 Å². The Morgan fingerprint density at radius 3 is 1.36 bits per heavy atom. The fraction of sp³-hybridized carbons (Fsp3) is 0.745. The number of ether oxygens (including phenoxy) is 3. The van der Waals surface area contributed by atoms with Gasteiger partial charge in [0.15, 0.2) is 6.10 Å². The number of rotatable bonds is 42. The van der Waals surface area contributed by atoms with Crippen molar-refractivity contribution in [3.63, 3.8) is 0 Å². The van der Waals surface area contributed by atoms with Crippen LogP contribution in [0.1, 0.15) is 194 Å². The maximum atomic E-state index is 12.7. The van der Waals surface area contributed by atoms with Crippen LogP contribution in [-0.2, 0) is 28.6 Å². The number of esters is 2. The van der Waals surface area contributed by atoms with Gasteiger partial charge in [0.1, 0.15) is 12.6 Å². The Morgan fingerprint density at radius 1 is 0.508 bits per heavy atom.